The molecule has 0 amide bonds. The highest BCUT2D eigenvalue weighted by Gasteiger charge is 2.18. The molecule has 0 saturated heterocycles. The summed E-state index contributed by atoms with van der Waals surface area (Å²) in [4.78, 5) is 0. The molecule has 20 heavy (non-hydrogen) atoms. The van der Waals surface area contributed by atoms with Gasteiger partial charge in [0.15, 0.2) is 0 Å². The van der Waals surface area contributed by atoms with Crippen LogP contribution in [0.15, 0.2) is 46.9 Å². The lowest BCUT2D eigenvalue weighted by molar-refractivity contribution is 0.282. The molecule has 0 unspecified atom stereocenters. The molecule has 2 heterocycles. The fourth-order valence-electron chi connectivity index (χ4n) is 2.46. The predicted octanol–water partition coefficient (Wildman–Crippen LogP) is 3.60. The number of aliphatic hydroxyl groups is 1. The lowest BCUT2D eigenvalue weighted by Gasteiger charge is -2.00. The highest BCUT2D eigenvalue weighted by molar-refractivity contribution is 7.00. The molecule has 2 aromatic heterocycles. The minimum Gasteiger partial charge on any atom is -0.456 e. The van der Waals surface area contributed by atoms with E-state index in [0.717, 1.165) is 33.1 Å². The maximum atomic E-state index is 9.70. The van der Waals surface area contributed by atoms with Crippen molar-refractivity contribution in [3.05, 3.63) is 48.0 Å². The van der Waals surface area contributed by atoms with E-state index in [0.29, 0.717) is 5.76 Å². The molecule has 4 aromatic rings. The van der Waals surface area contributed by atoms with Crippen molar-refractivity contribution in [1.29, 1.82) is 0 Å². The van der Waals surface area contributed by atoms with Crippen LogP contribution in [0.3, 0.4) is 0 Å². The number of para-hydroxylation sites is 1. The normalized spacial score (nSPS) is 11.4. The Kier molecular flexibility index (Phi) is 2.55. The molecular weight excluding hydrogens is 272 g/mol. The van der Waals surface area contributed by atoms with E-state index in [-0.39, 0.29) is 6.61 Å². The number of hydrogen-bond donors (Lipinski definition) is 1. The Morgan fingerprint density at radius 1 is 1.05 bits per heavy atom. The van der Waals surface area contributed by atoms with Gasteiger partial charge in [0.05, 0.1) is 18.3 Å². The van der Waals surface area contributed by atoms with Gasteiger partial charge in [-0.2, -0.15) is 8.75 Å². The van der Waals surface area contributed by atoms with Gasteiger partial charge in [0.2, 0.25) is 0 Å². The van der Waals surface area contributed by atoms with Crippen LogP contribution in [0.25, 0.3) is 33.3 Å². The van der Waals surface area contributed by atoms with Crippen LogP contribution in [0.2, 0.25) is 0 Å². The number of benzene rings is 2. The second-order valence-electron chi connectivity index (χ2n) is 4.50. The second kappa shape index (κ2) is 4.40. The van der Waals surface area contributed by atoms with Crippen molar-refractivity contribution in [2.75, 3.05) is 0 Å². The van der Waals surface area contributed by atoms with Crippen molar-refractivity contribution in [3.8, 4) is 11.3 Å². The van der Waals surface area contributed by atoms with Crippen LogP contribution in [-0.2, 0) is 6.61 Å². The maximum absolute atomic E-state index is 9.70. The topological polar surface area (TPSA) is 59.2 Å². The molecule has 0 radical (unpaired) electrons. The molecule has 0 aliphatic rings. The summed E-state index contributed by atoms with van der Waals surface area (Å²) in [6, 6.07) is 13.5. The maximum Gasteiger partial charge on any atom is 0.143 e. The molecule has 2 aromatic carbocycles. The SMILES string of the molecule is OCc1c(-c2cccc3nsnc23)oc2ccccc12. The van der Waals surface area contributed by atoms with Gasteiger partial charge in [-0.3, -0.25) is 0 Å². The van der Waals surface area contributed by atoms with E-state index in [4.69, 9.17) is 4.42 Å². The fourth-order valence-corrected chi connectivity index (χ4v) is 3.01. The fraction of sp³-hybridized carbons (Fsp3) is 0.0667. The van der Waals surface area contributed by atoms with Gasteiger partial charge in [-0.15, -0.1) is 0 Å². The molecular formula is C15H10N2O2S. The Hall–Kier alpha value is -2.24. The first-order chi connectivity index (χ1) is 9.88. The molecule has 5 heteroatoms. The van der Waals surface area contributed by atoms with E-state index in [2.05, 4.69) is 8.75 Å². The summed E-state index contributed by atoms with van der Waals surface area (Å²) >= 11 is 1.18. The number of aliphatic hydroxyl groups excluding tert-OH is 1. The molecule has 4 rings (SSSR count). The van der Waals surface area contributed by atoms with E-state index >= 15 is 0 Å². The summed E-state index contributed by atoms with van der Waals surface area (Å²) in [5.41, 5.74) is 4.09. The largest absolute Gasteiger partial charge is 0.456 e. The highest BCUT2D eigenvalue weighted by Crippen LogP contribution is 2.36. The molecule has 1 N–H and O–H groups in total. The molecule has 0 saturated carbocycles. The summed E-state index contributed by atoms with van der Waals surface area (Å²) in [5, 5.41) is 10.6. The van der Waals surface area contributed by atoms with E-state index in [1.807, 2.05) is 42.5 Å². The van der Waals surface area contributed by atoms with Crippen molar-refractivity contribution in [3.63, 3.8) is 0 Å². The first-order valence-electron chi connectivity index (χ1n) is 6.21. The molecule has 0 aliphatic carbocycles. The number of rotatable bonds is 2. The molecule has 0 atom stereocenters. The Bertz CT molecular complexity index is 910. The lowest BCUT2D eigenvalue weighted by atomic mass is 10.0. The summed E-state index contributed by atoms with van der Waals surface area (Å²) in [6.07, 6.45) is 0. The van der Waals surface area contributed by atoms with Gasteiger partial charge in [0, 0.05) is 16.5 Å². The average molecular weight is 282 g/mol. The zero-order chi connectivity index (χ0) is 13.5. The second-order valence-corrected chi connectivity index (χ2v) is 5.03. The molecule has 0 fully saturated rings. The molecule has 98 valence electrons. The van der Waals surface area contributed by atoms with Crippen LogP contribution in [0.4, 0.5) is 0 Å². The van der Waals surface area contributed by atoms with E-state index in [1.165, 1.54) is 11.7 Å². The number of fused-ring (bicyclic) bond motifs is 2. The van der Waals surface area contributed by atoms with Crippen molar-refractivity contribution < 1.29 is 9.52 Å². The van der Waals surface area contributed by atoms with Crippen LogP contribution < -0.4 is 0 Å². The number of aromatic nitrogens is 2. The summed E-state index contributed by atoms with van der Waals surface area (Å²) in [5.74, 6) is 0.673. The van der Waals surface area contributed by atoms with Crippen LogP contribution in [0, 0.1) is 0 Å². The Balaban J connectivity index is 2.09. The third-order valence-electron chi connectivity index (χ3n) is 3.39. The van der Waals surface area contributed by atoms with Crippen molar-refractivity contribution >= 4 is 33.7 Å². The third-order valence-corrected chi connectivity index (χ3v) is 3.93. The van der Waals surface area contributed by atoms with Crippen molar-refractivity contribution in [2.24, 2.45) is 0 Å². The van der Waals surface area contributed by atoms with Gasteiger partial charge >= 0.3 is 0 Å². The zero-order valence-corrected chi connectivity index (χ0v) is 11.2. The average Bonchev–Trinajstić information content (AvgIpc) is 3.10. The standard InChI is InChI=1S/C15H10N2O2S/c18-8-11-9-4-1-2-7-13(9)19-15(11)10-5-3-6-12-14(10)17-20-16-12/h1-7,18H,8H2. The Morgan fingerprint density at radius 2 is 1.95 bits per heavy atom. The van der Waals surface area contributed by atoms with Crippen LogP contribution in [0.5, 0.6) is 0 Å². The van der Waals surface area contributed by atoms with Crippen LogP contribution in [-0.4, -0.2) is 13.9 Å². The van der Waals surface area contributed by atoms with Gasteiger partial charge < -0.3 is 9.52 Å². The van der Waals surface area contributed by atoms with E-state index in [1.54, 1.807) is 0 Å². The molecule has 0 spiro atoms. The minimum atomic E-state index is -0.0691. The number of furan rings is 1. The van der Waals surface area contributed by atoms with Gasteiger partial charge in [-0.1, -0.05) is 24.3 Å². The van der Waals surface area contributed by atoms with Gasteiger partial charge in [0.25, 0.3) is 0 Å². The number of nitrogens with zero attached hydrogens (tertiary/aromatic N) is 2. The summed E-state index contributed by atoms with van der Waals surface area (Å²) in [7, 11) is 0. The van der Waals surface area contributed by atoms with Gasteiger partial charge in [-0.05, 0) is 18.2 Å². The molecule has 4 nitrogen and oxygen atoms in total. The predicted molar refractivity (Wildman–Crippen MR) is 78.5 cm³/mol. The van der Waals surface area contributed by atoms with E-state index in [9.17, 15) is 5.11 Å². The minimum absolute atomic E-state index is 0.0691. The monoisotopic (exact) mass is 282 g/mol. The number of hydrogen-bond acceptors (Lipinski definition) is 5. The van der Waals surface area contributed by atoms with E-state index < -0.39 is 0 Å². The Labute approximate surface area is 118 Å². The van der Waals surface area contributed by atoms with Crippen LogP contribution in [0.1, 0.15) is 5.56 Å². The van der Waals surface area contributed by atoms with Gasteiger partial charge in [-0.25, -0.2) is 0 Å². The van der Waals surface area contributed by atoms with Crippen molar-refractivity contribution in [1.82, 2.24) is 8.75 Å². The molecule has 0 bridgehead atoms. The third kappa shape index (κ3) is 1.57. The molecule has 0 aliphatic heterocycles. The van der Waals surface area contributed by atoms with Crippen molar-refractivity contribution in [2.45, 2.75) is 6.61 Å². The lowest BCUT2D eigenvalue weighted by Crippen LogP contribution is -1.86. The first-order valence-corrected chi connectivity index (χ1v) is 6.94. The highest BCUT2D eigenvalue weighted by atomic mass is 32.1. The smallest absolute Gasteiger partial charge is 0.143 e. The quantitative estimate of drug-likeness (QED) is 0.610. The summed E-state index contributed by atoms with van der Waals surface area (Å²) < 4.78 is 14.5. The Morgan fingerprint density at radius 3 is 2.85 bits per heavy atom. The summed E-state index contributed by atoms with van der Waals surface area (Å²) in [6.45, 7) is -0.0691. The first kappa shape index (κ1) is 11.6. The van der Waals surface area contributed by atoms with Crippen LogP contribution >= 0.6 is 11.7 Å². The zero-order valence-electron chi connectivity index (χ0n) is 10.4. The van der Waals surface area contributed by atoms with Gasteiger partial charge in [0.1, 0.15) is 22.4 Å².